The molecule has 0 aromatic carbocycles. The number of hydrogen-bond acceptors (Lipinski definition) is 3. The van der Waals surface area contributed by atoms with E-state index in [2.05, 4.69) is 44.0 Å². The molecule has 1 aliphatic carbocycles. The van der Waals surface area contributed by atoms with Crippen molar-refractivity contribution in [2.75, 3.05) is 19.6 Å². The zero-order valence-corrected chi connectivity index (χ0v) is 12.5. The van der Waals surface area contributed by atoms with Crippen molar-refractivity contribution in [3.63, 3.8) is 0 Å². The zero-order chi connectivity index (χ0) is 14.3. The summed E-state index contributed by atoms with van der Waals surface area (Å²) in [5, 5.41) is 11.9. The van der Waals surface area contributed by atoms with Crippen LogP contribution in [-0.4, -0.2) is 36.5 Å². The van der Waals surface area contributed by atoms with Crippen LogP contribution in [0.25, 0.3) is 0 Å². The van der Waals surface area contributed by atoms with Gasteiger partial charge in [-0.2, -0.15) is 5.26 Å². The van der Waals surface area contributed by atoms with E-state index in [0.717, 1.165) is 25.9 Å². The van der Waals surface area contributed by atoms with Crippen molar-refractivity contribution < 1.29 is 4.79 Å². The Balaban J connectivity index is 1.81. The second kappa shape index (κ2) is 4.79. The van der Waals surface area contributed by atoms with Crippen molar-refractivity contribution in [1.82, 2.24) is 10.2 Å². The largest absolute Gasteiger partial charge is 0.353 e. The van der Waals surface area contributed by atoms with Crippen molar-refractivity contribution in [2.24, 2.45) is 16.7 Å². The summed E-state index contributed by atoms with van der Waals surface area (Å²) in [5.41, 5.74) is 0.219. The number of rotatable bonds is 3. The van der Waals surface area contributed by atoms with Crippen molar-refractivity contribution in [3.8, 4) is 6.07 Å². The van der Waals surface area contributed by atoms with Crippen molar-refractivity contribution >= 4 is 5.91 Å². The molecule has 0 radical (unpaired) electrons. The SMILES string of the molecule is CC1(C)C(C(=O)NC2CCN(CC#N)CC2)C1(C)C. The summed E-state index contributed by atoms with van der Waals surface area (Å²) in [5.74, 6) is 0.353. The van der Waals surface area contributed by atoms with E-state index in [1.807, 2.05) is 0 Å². The molecule has 0 aromatic heterocycles. The van der Waals surface area contributed by atoms with Crippen molar-refractivity contribution in [1.29, 1.82) is 5.26 Å². The van der Waals surface area contributed by atoms with Crippen molar-refractivity contribution in [2.45, 2.75) is 46.6 Å². The fraction of sp³-hybridized carbons (Fsp3) is 0.867. The van der Waals surface area contributed by atoms with Gasteiger partial charge in [0.15, 0.2) is 0 Å². The van der Waals surface area contributed by atoms with Gasteiger partial charge in [-0.05, 0) is 23.7 Å². The molecule has 0 aromatic rings. The highest BCUT2D eigenvalue weighted by Gasteiger charge is 2.68. The van der Waals surface area contributed by atoms with E-state index in [1.54, 1.807) is 0 Å². The van der Waals surface area contributed by atoms with Crippen LogP contribution < -0.4 is 5.32 Å². The molecule has 2 rings (SSSR count). The quantitative estimate of drug-likeness (QED) is 0.790. The lowest BCUT2D eigenvalue weighted by Gasteiger charge is -2.30. The summed E-state index contributed by atoms with van der Waals surface area (Å²) in [6.07, 6.45) is 1.92. The number of likely N-dealkylation sites (tertiary alicyclic amines) is 1. The van der Waals surface area contributed by atoms with Crippen LogP contribution in [0.3, 0.4) is 0 Å². The molecular formula is C15H25N3O. The van der Waals surface area contributed by atoms with E-state index in [0.29, 0.717) is 6.54 Å². The second-order valence-electron chi connectivity index (χ2n) is 7.09. The third-order valence-corrected chi connectivity index (χ3v) is 5.51. The fourth-order valence-electron chi connectivity index (χ4n) is 3.47. The summed E-state index contributed by atoms with van der Waals surface area (Å²) in [6.45, 7) is 11.0. The first-order chi connectivity index (χ1) is 8.80. The average molecular weight is 263 g/mol. The highest BCUT2D eigenvalue weighted by molar-refractivity contribution is 5.84. The number of carbonyl (C=O) groups excluding carboxylic acids is 1. The van der Waals surface area contributed by atoms with Crippen LogP contribution in [0.1, 0.15) is 40.5 Å². The van der Waals surface area contributed by atoms with Crippen molar-refractivity contribution in [3.05, 3.63) is 0 Å². The number of nitriles is 1. The molecule has 1 amide bonds. The fourth-order valence-corrected chi connectivity index (χ4v) is 3.47. The Labute approximate surface area is 116 Å². The van der Waals surface area contributed by atoms with Gasteiger partial charge in [0.2, 0.25) is 5.91 Å². The Morgan fingerprint density at radius 2 is 1.79 bits per heavy atom. The van der Waals surface area contributed by atoms with Crippen LogP contribution in [0.2, 0.25) is 0 Å². The Morgan fingerprint density at radius 1 is 1.26 bits per heavy atom. The Bertz CT molecular complexity index is 386. The minimum atomic E-state index is 0.110. The van der Waals surface area contributed by atoms with Gasteiger partial charge in [-0.3, -0.25) is 9.69 Å². The second-order valence-corrected chi connectivity index (χ2v) is 7.09. The molecule has 1 heterocycles. The molecule has 2 fully saturated rings. The molecule has 4 heteroatoms. The lowest BCUT2D eigenvalue weighted by Crippen LogP contribution is -2.45. The summed E-state index contributed by atoms with van der Waals surface area (Å²) >= 11 is 0. The molecule has 19 heavy (non-hydrogen) atoms. The number of carbonyl (C=O) groups is 1. The summed E-state index contributed by atoms with van der Waals surface area (Å²) in [7, 11) is 0. The molecule has 0 unspecified atom stereocenters. The molecule has 4 nitrogen and oxygen atoms in total. The minimum Gasteiger partial charge on any atom is -0.353 e. The molecule has 0 atom stereocenters. The Kier molecular flexibility index (Phi) is 3.61. The lowest BCUT2D eigenvalue weighted by atomic mass is 10.0. The third kappa shape index (κ3) is 2.49. The smallest absolute Gasteiger partial charge is 0.224 e. The molecule has 1 saturated carbocycles. The van der Waals surface area contributed by atoms with Gasteiger partial charge in [-0.25, -0.2) is 0 Å². The number of nitrogens with one attached hydrogen (secondary N) is 1. The van der Waals surface area contributed by atoms with E-state index in [-0.39, 0.29) is 28.7 Å². The van der Waals surface area contributed by atoms with E-state index in [9.17, 15) is 4.79 Å². The van der Waals surface area contributed by atoms with E-state index in [1.165, 1.54) is 0 Å². The Morgan fingerprint density at radius 3 is 2.21 bits per heavy atom. The van der Waals surface area contributed by atoms with Crippen LogP contribution in [0.15, 0.2) is 0 Å². The van der Waals surface area contributed by atoms with Gasteiger partial charge in [0.05, 0.1) is 12.6 Å². The lowest BCUT2D eigenvalue weighted by molar-refractivity contribution is -0.124. The van der Waals surface area contributed by atoms with Gasteiger partial charge in [-0.1, -0.05) is 27.7 Å². The molecule has 0 bridgehead atoms. The molecule has 2 aliphatic rings. The van der Waals surface area contributed by atoms with E-state index >= 15 is 0 Å². The maximum Gasteiger partial charge on any atom is 0.224 e. The minimum absolute atomic E-state index is 0.110. The summed E-state index contributed by atoms with van der Waals surface area (Å²) < 4.78 is 0. The molecule has 1 N–H and O–H groups in total. The van der Waals surface area contributed by atoms with Gasteiger partial charge in [0.25, 0.3) is 0 Å². The average Bonchev–Trinajstić information content (AvgIpc) is 2.72. The van der Waals surface area contributed by atoms with Crippen LogP contribution in [-0.2, 0) is 4.79 Å². The monoisotopic (exact) mass is 263 g/mol. The highest BCUT2D eigenvalue weighted by Crippen LogP contribution is 2.68. The first kappa shape index (κ1) is 14.3. The first-order valence-electron chi connectivity index (χ1n) is 7.20. The normalized spacial score (nSPS) is 26.7. The standard InChI is InChI=1S/C15H25N3O/c1-14(2)12(15(14,3)4)13(19)17-11-5-8-18(9-6-11)10-7-16/h11-12H,5-6,8-10H2,1-4H3,(H,17,19). The van der Waals surface area contributed by atoms with Crippen LogP contribution in [0.5, 0.6) is 0 Å². The number of amides is 1. The van der Waals surface area contributed by atoms with Crippen LogP contribution in [0.4, 0.5) is 0 Å². The molecule has 106 valence electrons. The summed E-state index contributed by atoms with van der Waals surface area (Å²) in [4.78, 5) is 14.5. The first-order valence-corrected chi connectivity index (χ1v) is 7.20. The van der Waals surface area contributed by atoms with Crippen LogP contribution in [0, 0.1) is 28.1 Å². The Hall–Kier alpha value is -1.08. The van der Waals surface area contributed by atoms with Gasteiger partial charge < -0.3 is 5.32 Å². The predicted molar refractivity (Wildman–Crippen MR) is 74.3 cm³/mol. The molecule has 1 saturated heterocycles. The van der Waals surface area contributed by atoms with Gasteiger partial charge in [-0.15, -0.1) is 0 Å². The van der Waals surface area contributed by atoms with Crippen LogP contribution >= 0.6 is 0 Å². The van der Waals surface area contributed by atoms with E-state index < -0.39 is 0 Å². The third-order valence-electron chi connectivity index (χ3n) is 5.51. The predicted octanol–water partition coefficient (Wildman–Crippen LogP) is 1.77. The van der Waals surface area contributed by atoms with Gasteiger partial charge in [0.1, 0.15) is 0 Å². The molecule has 0 spiro atoms. The number of piperidine rings is 1. The van der Waals surface area contributed by atoms with Gasteiger partial charge >= 0.3 is 0 Å². The number of hydrogen-bond donors (Lipinski definition) is 1. The highest BCUT2D eigenvalue weighted by atomic mass is 16.2. The maximum absolute atomic E-state index is 12.3. The van der Waals surface area contributed by atoms with E-state index in [4.69, 9.17) is 5.26 Å². The van der Waals surface area contributed by atoms with Gasteiger partial charge in [0, 0.05) is 25.0 Å². The summed E-state index contributed by atoms with van der Waals surface area (Å²) in [6, 6.07) is 2.47. The molecular weight excluding hydrogens is 238 g/mol. The maximum atomic E-state index is 12.3. The topological polar surface area (TPSA) is 56.1 Å². The number of nitrogens with zero attached hydrogens (tertiary/aromatic N) is 2. The zero-order valence-electron chi connectivity index (χ0n) is 12.5. The molecule has 1 aliphatic heterocycles.